The maximum atomic E-state index is 12.7. The van der Waals surface area contributed by atoms with Crippen LogP contribution in [-0.2, 0) is 15.4 Å². The minimum absolute atomic E-state index is 0.00899. The summed E-state index contributed by atoms with van der Waals surface area (Å²) >= 11 is 0. The van der Waals surface area contributed by atoms with Gasteiger partial charge in [-0.1, -0.05) is 26.8 Å². The summed E-state index contributed by atoms with van der Waals surface area (Å²) in [6, 6.07) is 9.27. The Balaban J connectivity index is 2.42. The van der Waals surface area contributed by atoms with E-state index in [1.807, 2.05) is 0 Å². The molecule has 0 aliphatic rings. The molecule has 2 aromatic rings. The normalized spacial score (nSPS) is 11.9. The third-order valence-electron chi connectivity index (χ3n) is 4.57. The summed E-state index contributed by atoms with van der Waals surface area (Å²) < 4.78 is 38.2. The second-order valence-electron chi connectivity index (χ2n) is 6.59. The molecule has 0 aromatic heterocycles. The van der Waals surface area contributed by atoms with Crippen LogP contribution in [0.4, 0.5) is 5.69 Å². The molecule has 0 heterocycles. The van der Waals surface area contributed by atoms with Crippen molar-refractivity contribution in [1.82, 2.24) is 0 Å². The topological polar surface area (TPSA) is 84.9 Å². The number of ether oxygens (including phenoxy) is 2. The highest BCUT2D eigenvalue weighted by molar-refractivity contribution is 7.92. The SMILES string of the molecule is CCC(C)(C)c1ccc(O)c(NS(=O)(=O)c2ccc(OC)c(OC)c2)c1. The van der Waals surface area contributed by atoms with Gasteiger partial charge in [0.2, 0.25) is 0 Å². The van der Waals surface area contributed by atoms with E-state index in [2.05, 4.69) is 25.5 Å². The Hall–Kier alpha value is -2.41. The Morgan fingerprint density at radius 3 is 2.27 bits per heavy atom. The van der Waals surface area contributed by atoms with Gasteiger partial charge in [0.15, 0.2) is 11.5 Å². The highest BCUT2D eigenvalue weighted by Crippen LogP contribution is 2.35. The lowest BCUT2D eigenvalue weighted by Crippen LogP contribution is -2.17. The third kappa shape index (κ3) is 4.04. The molecule has 0 amide bonds. The zero-order valence-corrected chi connectivity index (χ0v) is 16.5. The lowest BCUT2D eigenvalue weighted by atomic mass is 9.82. The van der Waals surface area contributed by atoms with Crippen LogP contribution in [0.25, 0.3) is 0 Å². The van der Waals surface area contributed by atoms with Crippen LogP contribution in [0.2, 0.25) is 0 Å². The number of nitrogens with one attached hydrogen (secondary N) is 1. The molecule has 0 saturated carbocycles. The van der Waals surface area contributed by atoms with Gasteiger partial charge in [-0.05, 0) is 41.7 Å². The molecule has 0 saturated heterocycles. The summed E-state index contributed by atoms with van der Waals surface area (Å²) in [6.07, 6.45) is 0.875. The molecule has 0 unspecified atom stereocenters. The van der Waals surface area contributed by atoms with Crippen LogP contribution in [0.5, 0.6) is 17.2 Å². The highest BCUT2D eigenvalue weighted by Gasteiger charge is 2.22. The largest absolute Gasteiger partial charge is 0.506 e. The lowest BCUT2D eigenvalue weighted by molar-refractivity contribution is 0.354. The quantitative estimate of drug-likeness (QED) is 0.713. The first-order valence-electron chi connectivity index (χ1n) is 8.23. The Bertz CT molecular complexity index is 891. The molecule has 0 fully saturated rings. The first kappa shape index (κ1) is 19.9. The van der Waals surface area contributed by atoms with Crippen molar-refractivity contribution in [3.05, 3.63) is 42.0 Å². The van der Waals surface area contributed by atoms with Crippen molar-refractivity contribution < 1.29 is 23.0 Å². The zero-order valence-electron chi connectivity index (χ0n) is 15.7. The standard InChI is InChI=1S/C19H25NO5S/c1-6-19(2,3)13-7-9-16(21)15(11-13)20-26(22,23)14-8-10-17(24-4)18(12-14)25-5/h7-12,20-21H,6H2,1-5H3. The van der Waals surface area contributed by atoms with Gasteiger partial charge in [-0.2, -0.15) is 0 Å². The fraction of sp³-hybridized carbons (Fsp3) is 0.368. The number of benzene rings is 2. The molecule has 26 heavy (non-hydrogen) atoms. The van der Waals surface area contributed by atoms with E-state index in [4.69, 9.17) is 9.47 Å². The molecule has 0 radical (unpaired) electrons. The Morgan fingerprint density at radius 1 is 1.04 bits per heavy atom. The molecule has 0 aliphatic heterocycles. The van der Waals surface area contributed by atoms with Crippen molar-refractivity contribution in [2.45, 2.75) is 37.5 Å². The Labute approximate surface area is 154 Å². The van der Waals surface area contributed by atoms with Crippen LogP contribution in [0.15, 0.2) is 41.3 Å². The lowest BCUT2D eigenvalue weighted by Gasteiger charge is -2.24. The summed E-state index contributed by atoms with van der Waals surface area (Å²) in [6.45, 7) is 6.18. The van der Waals surface area contributed by atoms with Gasteiger partial charge in [0.25, 0.3) is 10.0 Å². The number of anilines is 1. The summed E-state index contributed by atoms with van der Waals surface area (Å²) in [5, 5.41) is 10.1. The molecule has 0 aliphatic carbocycles. The Morgan fingerprint density at radius 2 is 1.69 bits per heavy atom. The number of phenolic OH excluding ortho intramolecular Hbond substituents is 1. The molecule has 7 heteroatoms. The van der Waals surface area contributed by atoms with E-state index in [9.17, 15) is 13.5 Å². The minimum Gasteiger partial charge on any atom is -0.506 e. The van der Waals surface area contributed by atoms with E-state index >= 15 is 0 Å². The fourth-order valence-corrected chi connectivity index (χ4v) is 3.51. The smallest absolute Gasteiger partial charge is 0.262 e. The van der Waals surface area contributed by atoms with Crippen LogP contribution < -0.4 is 14.2 Å². The monoisotopic (exact) mass is 379 g/mol. The third-order valence-corrected chi connectivity index (χ3v) is 5.93. The van der Waals surface area contributed by atoms with Crippen LogP contribution in [0.3, 0.4) is 0 Å². The number of rotatable bonds is 7. The zero-order chi connectivity index (χ0) is 19.5. The van der Waals surface area contributed by atoms with Gasteiger partial charge < -0.3 is 14.6 Å². The summed E-state index contributed by atoms with van der Waals surface area (Å²) in [4.78, 5) is 0.00899. The molecular formula is C19H25NO5S. The molecule has 0 bridgehead atoms. The van der Waals surface area contributed by atoms with Gasteiger partial charge in [0.05, 0.1) is 24.8 Å². The Kier molecular flexibility index (Phi) is 5.71. The number of hydrogen-bond acceptors (Lipinski definition) is 5. The molecule has 2 aromatic carbocycles. The van der Waals surface area contributed by atoms with Crippen molar-refractivity contribution in [3.8, 4) is 17.2 Å². The van der Waals surface area contributed by atoms with E-state index in [1.54, 1.807) is 12.1 Å². The van der Waals surface area contributed by atoms with Crippen molar-refractivity contribution >= 4 is 15.7 Å². The number of phenols is 1. The molecule has 2 N–H and O–H groups in total. The van der Waals surface area contributed by atoms with Gasteiger partial charge in [-0.3, -0.25) is 4.72 Å². The predicted molar refractivity (Wildman–Crippen MR) is 102 cm³/mol. The van der Waals surface area contributed by atoms with E-state index in [1.165, 1.54) is 38.5 Å². The number of hydrogen-bond donors (Lipinski definition) is 2. The van der Waals surface area contributed by atoms with Gasteiger partial charge in [-0.25, -0.2) is 8.42 Å². The summed E-state index contributed by atoms with van der Waals surface area (Å²) in [5.74, 6) is 0.603. The van der Waals surface area contributed by atoms with Crippen LogP contribution >= 0.6 is 0 Å². The van der Waals surface area contributed by atoms with Crippen LogP contribution in [0, 0.1) is 0 Å². The maximum Gasteiger partial charge on any atom is 0.262 e. The molecule has 6 nitrogen and oxygen atoms in total. The average molecular weight is 379 g/mol. The molecule has 0 atom stereocenters. The van der Waals surface area contributed by atoms with Crippen LogP contribution in [-0.4, -0.2) is 27.7 Å². The van der Waals surface area contributed by atoms with E-state index in [0.717, 1.165) is 12.0 Å². The van der Waals surface area contributed by atoms with Gasteiger partial charge in [-0.15, -0.1) is 0 Å². The highest BCUT2D eigenvalue weighted by atomic mass is 32.2. The average Bonchev–Trinajstić information content (AvgIpc) is 2.62. The fourth-order valence-electron chi connectivity index (χ4n) is 2.43. The molecular weight excluding hydrogens is 354 g/mol. The second kappa shape index (κ2) is 7.45. The van der Waals surface area contributed by atoms with Gasteiger partial charge >= 0.3 is 0 Å². The van der Waals surface area contributed by atoms with Crippen LogP contribution in [0.1, 0.15) is 32.8 Å². The minimum atomic E-state index is -3.91. The molecule has 2 rings (SSSR count). The predicted octanol–water partition coefficient (Wildman–Crippen LogP) is 3.90. The summed E-state index contributed by atoms with van der Waals surface area (Å²) in [5.41, 5.74) is 0.929. The van der Waals surface area contributed by atoms with Crippen molar-refractivity contribution in [3.63, 3.8) is 0 Å². The second-order valence-corrected chi connectivity index (χ2v) is 8.27. The molecule has 142 valence electrons. The number of sulfonamides is 1. The van der Waals surface area contributed by atoms with E-state index < -0.39 is 10.0 Å². The van der Waals surface area contributed by atoms with E-state index in [-0.39, 0.29) is 21.7 Å². The first-order chi connectivity index (χ1) is 12.1. The summed E-state index contributed by atoms with van der Waals surface area (Å²) in [7, 11) is -0.998. The van der Waals surface area contributed by atoms with Crippen molar-refractivity contribution in [1.29, 1.82) is 0 Å². The number of methoxy groups -OCH3 is 2. The number of aromatic hydroxyl groups is 1. The molecule has 0 spiro atoms. The van der Waals surface area contributed by atoms with E-state index in [0.29, 0.717) is 11.5 Å². The van der Waals surface area contributed by atoms with Gasteiger partial charge in [0.1, 0.15) is 5.75 Å². The van der Waals surface area contributed by atoms with Gasteiger partial charge in [0, 0.05) is 6.07 Å². The maximum absolute atomic E-state index is 12.7. The first-order valence-corrected chi connectivity index (χ1v) is 9.71. The van der Waals surface area contributed by atoms with Crippen molar-refractivity contribution in [2.75, 3.05) is 18.9 Å². The van der Waals surface area contributed by atoms with Crippen molar-refractivity contribution in [2.24, 2.45) is 0 Å².